The molecule has 0 atom stereocenters. The standard InChI is InChI=1S/C22H20N2O3S/c1-3-24(28)16-6-4-14-5-7-17(11-15(14)10-16)27-21-8-9-23-19-13-22(26-2)20(25)12-18(19)21/h4-13,25,28H,3H2,1-2H3. The van der Waals surface area contributed by atoms with Crippen LogP contribution >= 0.6 is 12.8 Å². The Hall–Kier alpha value is -3.12. The van der Waals surface area contributed by atoms with E-state index in [4.69, 9.17) is 9.47 Å². The SMILES string of the molecule is CCN(S)c1ccc2ccc(Oc3ccnc4cc(OC)c(O)cc34)cc2c1. The van der Waals surface area contributed by atoms with Gasteiger partial charge in [0.2, 0.25) is 0 Å². The number of anilines is 1. The number of benzene rings is 3. The maximum absolute atomic E-state index is 10.1. The van der Waals surface area contributed by atoms with Gasteiger partial charge in [0.25, 0.3) is 0 Å². The van der Waals surface area contributed by atoms with Crippen LogP contribution in [0.1, 0.15) is 6.92 Å². The first-order chi connectivity index (χ1) is 13.6. The lowest BCUT2D eigenvalue weighted by Crippen LogP contribution is -2.08. The second-order valence-electron chi connectivity index (χ2n) is 6.36. The zero-order chi connectivity index (χ0) is 19.7. The Morgan fingerprint density at radius 2 is 1.82 bits per heavy atom. The van der Waals surface area contributed by atoms with Gasteiger partial charge in [0, 0.05) is 29.9 Å². The van der Waals surface area contributed by atoms with E-state index in [1.807, 2.05) is 28.6 Å². The van der Waals surface area contributed by atoms with Gasteiger partial charge in [0.1, 0.15) is 11.5 Å². The van der Waals surface area contributed by atoms with Crippen LogP contribution < -0.4 is 13.8 Å². The molecule has 28 heavy (non-hydrogen) atoms. The number of methoxy groups -OCH3 is 1. The minimum atomic E-state index is 0.0458. The van der Waals surface area contributed by atoms with Gasteiger partial charge in [0.05, 0.1) is 12.6 Å². The Morgan fingerprint density at radius 1 is 1.00 bits per heavy atom. The van der Waals surface area contributed by atoms with Gasteiger partial charge in [0.15, 0.2) is 11.5 Å². The molecule has 0 saturated carbocycles. The fraction of sp³-hybridized carbons (Fsp3) is 0.136. The molecule has 1 aromatic heterocycles. The molecule has 5 nitrogen and oxygen atoms in total. The number of ether oxygens (including phenoxy) is 2. The van der Waals surface area contributed by atoms with Gasteiger partial charge in [-0.2, -0.15) is 0 Å². The third-order valence-corrected chi connectivity index (χ3v) is 5.14. The number of nitrogens with zero attached hydrogens (tertiary/aromatic N) is 2. The molecule has 4 aromatic rings. The van der Waals surface area contributed by atoms with Gasteiger partial charge >= 0.3 is 0 Å². The summed E-state index contributed by atoms with van der Waals surface area (Å²) in [5.74, 6) is 1.74. The summed E-state index contributed by atoms with van der Waals surface area (Å²) >= 11 is 4.48. The maximum Gasteiger partial charge on any atom is 0.162 e. The van der Waals surface area contributed by atoms with Crippen molar-refractivity contribution in [3.8, 4) is 23.0 Å². The van der Waals surface area contributed by atoms with Crippen molar-refractivity contribution >= 4 is 40.2 Å². The smallest absolute Gasteiger partial charge is 0.162 e. The number of aromatic hydroxyl groups is 1. The molecule has 6 heteroatoms. The van der Waals surface area contributed by atoms with Gasteiger partial charge in [-0.25, -0.2) is 0 Å². The molecule has 0 aliphatic heterocycles. The van der Waals surface area contributed by atoms with Crippen LogP contribution in [0.4, 0.5) is 5.69 Å². The lowest BCUT2D eigenvalue weighted by Gasteiger charge is -2.16. The number of aromatic nitrogens is 1. The molecule has 3 aromatic carbocycles. The van der Waals surface area contributed by atoms with Crippen LogP contribution in [0.25, 0.3) is 21.7 Å². The normalized spacial score (nSPS) is 11.0. The monoisotopic (exact) mass is 392 g/mol. The number of pyridine rings is 1. The Morgan fingerprint density at radius 3 is 2.61 bits per heavy atom. The topological polar surface area (TPSA) is 54.8 Å². The summed E-state index contributed by atoms with van der Waals surface area (Å²) in [7, 11) is 1.51. The number of fused-ring (bicyclic) bond motifs is 2. The van der Waals surface area contributed by atoms with Crippen LogP contribution in [0, 0.1) is 0 Å². The number of thiol groups is 1. The van der Waals surface area contributed by atoms with Crippen molar-refractivity contribution in [1.29, 1.82) is 0 Å². The molecule has 0 saturated heterocycles. The first kappa shape index (κ1) is 18.3. The van der Waals surface area contributed by atoms with E-state index < -0.39 is 0 Å². The quantitative estimate of drug-likeness (QED) is 0.435. The predicted octanol–water partition coefficient (Wildman–Crippen LogP) is 5.57. The van der Waals surface area contributed by atoms with Crippen molar-refractivity contribution in [3.63, 3.8) is 0 Å². The zero-order valence-corrected chi connectivity index (χ0v) is 16.5. The predicted molar refractivity (Wildman–Crippen MR) is 116 cm³/mol. The largest absolute Gasteiger partial charge is 0.504 e. The fourth-order valence-corrected chi connectivity index (χ4v) is 3.26. The Kier molecular flexibility index (Phi) is 4.88. The summed E-state index contributed by atoms with van der Waals surface area (Å²) in [6.07, 6.45) is 1.67. The Bertz CT molecular complexity index is 1160. The van der Waals surface area contributed by atoms with Crippen LogP contribution in [0.2, 0.25) is 0 Å². The lowest BCUT2D eigenvalue weighted by atomic mass is 10.1. The van der Waals surface area contributed by atoms with E-state index in [1.165, 1.54) is 7.11 Å². The van der Waals surface area contributed by atoms with E-state index in [1.54, 1.807) is 24.4 Å². The molecule has 0 amide bonds. The molecule has 0 aliphatic carbocycles. The van der Waals surface area contributed by atoms with Crippen LogP contribution in [0.3, 0.4) is 0 Å². The second-order valence-corrected chi connectivity index (χ2v) is 6.84. The van der Waals surface area contributed by atoms with Crippen LogP contribution in [0.5, 0.6) is 23.0 Å². The molecule has 4 rings (SSSR count). The van der Waals surface area contributed by atoms with Crippen molar-refractivity contribution < 1.29 is 14.6 Å². The summed E-state index contributed by atoms with van der Waals surface area (Å²) in [5, 5.41) is 13.0. The van der Waals surface area contributed by atoms with Crippen molar-refractivity contribution in [3.05, 3.63) is 60.8 Å². The number of phenolic OH excluding ortho intramolecular Hbond substituents is 1. The van der Waals surface area contributed by atoms with Gasteiger partial charge in [-0.05, 0) is 54.1 Å². The van der Waals surface area contributed by atoms with E-state index in [-0.39, 0.29) is 5.75 Å². The Balaban J connectivity index is 1.74. The van der Waals surface area contributed by atoms with E-state index in [0.29, 0.717) is 28.2 Å². The van der Waals surface area contributed by atoms with Crippen LogP contribution in [0.15, 0.2) is 60.8 Å². The molecular formula is C22H20N2O3S. The van der Waals surface area contributed by atoms with Crippen LogP contribution in [-0.2, 0) is 0 Å². The molecule has 0 spiro atoms. The summed E-state index contributed by atoms with van der Waals surface area (Å²) in [4.78, 5) is 4.34. The summed E-state index contributed by atoms with van der Waals surface area (Å²) < 4.78 is 13.2. The molecule has 1 N–H and O–H groups in total. The van der Waals surface area contributed by atoms with E-state index in [0.717, 1.165) is 23.0 Å². The molecule has 0 unspecified atom stereocenters. The van der Waals surface area contributed by atoms with Gasteiger partial charge in [-0.15, -0.1) is 0 Å². The molecule has 0 bridgehead atoms. The highest BCUT2D eigenvalue weighted by molar-refractivity contribution is 7.81. The first-order valence-corrected chi connectivity index (χ1v) is 9.33. The second kappa shape index (κ2) is 7.48. The minimum absolute atomic E-state index is 0.0458. The van der Waals surface area contributed by atoms with Crippen molar-refractivity contribution in [2.24, 2.45) is 0 Å². The third kappa shape index (κ3) is 3.39. The summed E-state index contributed by atoms with van der Waals surface area (Å²) in [5.41, 5.74) is 1.71. The van der Waals surface area contributed by atoms with E-state index >= 15 is 0 Å². The molecule has 0 radical (unpaired) electrons. The van der Waals surface area contributed by atoms with Gasteiger partial charge in [-0.1, -0.05) is 24.9 Å². The number of hydrogen-bond acceptors (Lipinski definition) is 6. The molecule has 0 fully saturated rings. The molecule has 1 heterocycles. The highest BCUT2D eigenvalue weighted by Crippen LogP contribution is 2.37. The third-order valence-electron chi connectivity index (χ3n) is 4.62. The van der Waals surface area contributed by atoms with Crippen molar-refractivity contribution in [1.82, 2.24) is 4.98 Å². The summed E-state index contributed by atoms with van der Waals surface area (Å²) in [6, 6.07) is 17.2. The highest BCUT2D eigenvalue weighted by atomic mass is 32.1. The fourth-order valence-electron chi connectivity index (χ4n) is 3.14. The average molecular weight is 392 g/mol. The molecular weight excluding hydrogens is 372 g/mol. The van der Waals surface area contributed by atoms with Gasteiger partial charge in [-0.3, -0.25) is 4.98 Å². The van der Waals surface area contributed by atoms with E-state index in [2.05, 4.69) is 36.9 Å². The van der Waals surface area contributed by atoms with Crippen molar-refractivity contribution in [2.45, 2.75) is 6.92 Å². The zero-order valence-electron chi connectivity index (χ0n) is 15.6. The van der Waals surface area contributed by atoms with Crippen molar-refractivity contribution in [2.75, 3.05) is 18.0 Å². The Labute approximate surface area is 168 Å². The van der Waals surface area contributed by atoms with Crippen LogP contribution in [-0.4, -0.2) is 23.7 Å². The highest BCUT2D eigenvalue weighted by Gasteiger charge is 2.11. The molecule has 0 aliphatic rings. The number of rotatable bonds is 5. The van der Waals surface area contributed by atoms with Gasteiger partial charge < -0.3 is 18.9 Å². The maximum atomic E-state index is 10.1. The summed E-state index contributed by atoms with van der Waals surface area (Å²) in [6.45, 7) is 2.86. The lowest BCUT2D eigenvalue weighted by molar-refractivity contribution is 0.374. The molecule has 142 valence electrons. The van der Waals surface area contributed by atoms with E-state index in [9.17, 15) is 5.11 Å². The number of phenols is 1. The minimum Gasteiger partial charge on any atom is -0.504 e. The first-order valence-electron chi connectivity index (χ1n) is 8.93. The number of hydrogen-bond donors (Lipinski definition) is 2. The average Bonchev–Trinajstić information content (AvgIpc) is 2.72.